The largest absolute Gasteiger partial charge is 0.396 e. The highest BCUT2D eigenvalue weighted by Crippen LogP contribution is 2.61. The highest BCUT2D eigenvalue weighted by atomic mass is 16.3. The van der Waals surface area contributed by atoms with E-state index in [9.17, 15) is 10.2 Å². The van der Waals surface area contributed by atoms with E-state index in [4.69, 9.17) is 0 Å². The van der Waals surface area contributed by atoms with E-state index in [1.54, 1.807) is 0 Å². The molecule has 0 saturated heterocycles. The van der Waals surface area contributed by atoms with Crippen molar-refractivity contribution in [2.75, 3.05) is 6.61 Å². The lowest BCUT2D eigenvalue weighted by molar-refractivity contribution is -0.174. The van der Waals surface area contributed by atoms with Gasteiger partial charge in [-0.1, -0.05) is 0 Å². The molecule has 2 unspecified atom stereocenters. The van der Waals surface area contributed by atoms with Crippen molar-refractivity contribution < 1.29 is 10.2 Å². The molecule has 0 aromatic carbocycles. The maximum absolute atomic E-state index is 10.3. The average molecular weight is 182 g/mol. The van der Waals surface area contributed by atoms with Gasteiger partial charge in [0, 0.05) is 6.61 Å². The standard InChI is InChI=1S/C11H18O2/c12-7-10-2-8-1-9(3-10)5-11(13,4-8)6-10/h8-9,12-13H,1-7H2/t8-,9+,10?,11?. The molecule has 13 heavy (non-hydrogen) atoms. The van der Waals surface area contributed by atoms with E-state index < -0.39 is 5.60 Å². The quantitative estimate of drug-likeness (QED) is 0.642. The van der Waals surface area contributed by atoms with E-state index in [1.807, 2.05) is 0 Å². The Kier molecular flexibility index (Phi) is 1.45. The van der Waals surface area contributed by atoms with Gasteiger partial charge < -0.3 is 10.2 Å². The lowest BCUT2D eigenvalue weighted by Gasteiger charge is -2.59. The SMILES string of the molecule is OCC12C[C@@H]3C[C@@H](CC(O)(C3)C1)C2. The van der Waals surface area contributed by atoms with Gasteiger partial charge in [-0.05, 0) is 55.8 Å². The van der Waals surface area contributed by atoms with Crippen molar-refractivity contribution in [1.82, 2.24) is 0 Å². The molecule has 4 bridgehead atoms. The van der Waals surface area contributed by atoms with Gasteiger partial charge >= 0.3 is 0 Å². The van der Waals surface area contributed by atoms with Crippen LogP contribution in [0, 0.1) is 17.3 Å². The number of rotatable bonds is 1. The first-order chi connectivity index (χ1) is 6.13. The summed E-state index contributed by atoms with van der Waals surface area (Å²) in [6, 6.07) is 0. The van der Waals surface area contributed by atoms with Gasteiger partial charge in [-0.15, -0.1) is 0 Å². The van der Waals surface area contributed by atoms with Gasteiger partial charge in [0.05, 0.1) is 5.60 Å². The van der Waals surface area contributed by atoms with Crippen LogP contribution >= 0.6 is 0 Å². The van der Waals surface area contributed by atoms with E-state index in [0.717, 1.165) is 19.3 Å². The van der Waals surface area contributed by atoms with Crippen LogP contribution in [0.3, 0.4) is 0 Å². The molecule has 2 N–H and O–H groups in total. The predicted octanol–water partition coefficient (Wildman–Crippen LogP) is 1.31. The Morgan fingerprint density at radius 2 is 1.69 bits per heavy atom. The van der Waals surface area contributed by atoms with Gasteiger partial charge in [0.2, 0.25) is 0 Å². The van der Waals surface area contributed by atoms with Crippen molar-refractivity contribution in [3.63, 3.8) is 0 Å². The summed E-state index contributed by atoms with van der Waals surface area (Å²) >= 11 is 0. The van der Waals surface area contributed by atoms with Crippen LogP contribution in [0.2, 0.25) is 0 Å². The van der Waals surface area contributed by atoms with Crippen LogP contribution in [0.1, 0.15) is 38.5 Å². The van der Waals surface area contributed by atoms with Crippen LogP contribution in [0.5, 0.6) is 0 Å². The number of aliphatic hydroxyl groups is 2. The molecule has 74 valence electrons. The van der Waals surface area contributed by atoms with Crippen molar-refractivity contribution >= 4 is 0 Å². The molecule has 0 spiro atoms. The summed E-state index contributed by atoms with van der Waals surface area (Å²) in [4.78, 5) is 0. The lowest BCUT2D eigenvalue weighted by atomic mass is 9.48. The zero-order chi connectivity index (χ0) is 9.10. The maximum Gasteiger partial charge on any atom is 0.0659 e. The van der Waals surface area contributed by atoms with E-state index in [0.29, 0.717) is 18.4 Å². The molecular formula is C11H18O2. The molecule has 4 aliphatic rings. The van der Waals surface area contributed by atoms with E-state index in [-0.39, 0.29) is 5.41 Å². The molecule has 0 aliphatic heterocycles. The third-order valence-corrected chi connectivity index (χ3v) is 4.49. The van der Waals surface area contributed by atoms with Crippen LogP contribution in [0.4, 0.5) is 0 Å². The van der Waals surface area contributed by atoms with Crippen molar-refractivity contribution in [2.24, 2.45) is 17.3 Å². The minimum Gasteiger partial charge on any atom is -0.396 e. The molecule has 0 aromatic heterocycles. The Hall–Kier alpha value is -0.0800. The van der Waals surface area contributed by atoms with Gasteiger partial charge in [-0.25, -0.2) is 0 Å². The van der Waals surface area contributed by atoms with E-state index >= 15 is 0 Å². The molecule has 4 atom stereocenters. The van der Waals surface area contributed by atoms with Gasteiger partial charge in [0.25, 0.3) is 0 Å². The van der Waals surface area contributed by atoms with Crippen molar-refractivity contribution in [2.45, 2.75) is 44.1 Å². The topological polar surface area (TPSA) is 40.5 Å². The lowest BCUT2D eigenvalue weighted by Crippen LogP contribution is -2.56. The molecule has 4 fully saturated rings. The van der Waals surface area contributed by atoms with Crippen molar-refractivity contribution in [3.8, 4) is 0 Å². The molecular weight excluding hydrogens is 164 g/mol. The minimum absolute atomic E-state index is 0.110. The first-order valence-electron chi connectivity index (χ1n) is 5.46. The van der Waals surface area contributed by atoms with Crippen molar-refractivity contribution in [3.05, 3.63) is 0 Å². The smallest absolute Gasteiger partial charge is 0.0659 e. The van der Waals surface area contributed by atoms with Gasteiger partial charge in [-0.2, -0.15) is 0 Å². The zero-order valence-corrected chi connectivity index (χ0v) is 8.00. The molecule has 0 radical (unpaired) electrons. The van der Waals surface area contributed by atoms with Gasteiger partial charge in [0.15, 0.2) is 0 Å². The summed E-state index contributed by atoms with van der Waals surface area (Å²) in [6.45, 7) is 0.294. The highest BCUT2D eigenvalue weighted by molar-refractivity contribution is 5.07. The van der Waals surface area contributed by atoms with Gasteiger partial charge in [-0.3, -0.25) is 0 Å². The summed E-state index contributed by atoms with van der Waals surface area (Å²) in [5, 5.41) is 19.7. The first-order valence-corrected chi connectivity index (χ1v) is 5.46. The van der Waals surface area contributed by atoms with Crippen LogP contribution in [0.25, 0.3) is 0 Å². The third kappa shape index (κ3) is 1.08. The van der Waals surface area contributed by atoms with Crippen LogP contribution in [-0.2, 0) is 0 Å². The molecule has 2 heteroatoms. The fraction of sp³-hybridized carbons (Fsp3) is 1.00. The molecule has 0 heterocycles. The fourth-order valence-electron chi connectivity index (χ4n) is 4.59. The van der Waals surface area contributed by atoms with Crippen LogP contribution in [-0.4, -0.2) is 22.4 Å². The minimum atomic E-state index is -0.396. The molecule has 4 aliphatic carbocycles. The summed E-state index contributed by atoms with van der Waals surface area (Å²) in [6.07, 6.45) is 6.52. The molecule has 2 nitrogen and oxygen atoms in total. The Bertz CT molecular complexity index is 222. The van der Waals surface area contributed by atoms with Crippen molar-refractivity contribution in [1.29, 1.82) is 0 Å². The number of aliphatic hydroxyl groups excluding tert-OH is 1. The normalized spacial score (nSPS) is 58.6. The highest BCUT2D eigenvalue weighted by Gasteiger charge is 2.56. The Morgan fingerprint density at radius 1 is 1.08 bits per heavy atom. The maximum atomic E-state index is 10.3. The van der Waals surface area contributed by atoms with Gasteiger partial charge in [0.1, 0.15) is 0 Å². The van der Waals surface area contributed by atoms with E-state index in [2.05, 4.69) is 0 Å². The monoisotopic (exact) mass is 182 g/mol. The van der Waals surface area contributed by atoms with E-state index in [1.165, 1.54) is 19.3 Å². The number of hydrogen-bond donors (Lipinski definition) is 2. The Labute approximate surface area is 79.0 Å². The fourth-order valence-corrected chi connectivity index (χ4v) is 4.59. The number of hydrogen-bond acceptors (Lipinski definition) is 2. The Balaban J connectivity index is 1.95. The average Bonchev–Trinajstić information content (AvgIpc) is 1.99. The third-order valence-electron chi connectivity index (χ3n) is 4.49. The summed E-state index contributed by atoms with van der Waals surface area (Å²) in [7, 11) is 0. The molecule has 4 rings (SSSR count). The second-order valence-electron chi connectivity index (χ2n) is 5.84. The van der Waals surface area contributed by atoms with Crippen LogP contribution < -0.4 is 0 Å². The first kappa shape index (κ1) is 8.25. The Morgan fingerprint density at radius 3 is 2.15 bits per heavy atom. The molecule has 4 saturated carbocycles. The summed E-state index contributed by atoms with van der Waals surface area (Å²) in [5.41, 5.74) is -0.286. The van der Waals surface area contributed by atoms with Crippen LogP contribution in [0.15, 0.2) is 0 Å². The predicted molar refractivity (Wildman–Crippen MR) is 49.2 cm³/mol. The summed E-state index contributed by atoms with van der Waals surface area (Å²) < 4.78 is 0. The second-order valence-corrected chi connectivity index (χ2v) is 5.84. The molecule has 0 amide bonds. The second kappa shape index (κ2) is 2.29. The zero-order valence-electron chi connectivity index (χ0n) is 8.00. The summed E-state index contributed by atoms with van der Waals surface area (Å²) in [5.74, 6) is 1.41. The molecule has 0 aromatic rings.